The fourth-order valence-electron chi connectivity index (χ4n) is 4.24. The Bertz CT molecular complexity index is 1290. The normalized spacial score (nSPS) is 14.7. The largest absolute Gasteiger partial charge is 0.492 e. The Hall–Kier alpha value is -4.07. The molecular formula is C27H29N5O3. The van der Waals surface area contributed by atoms with Gasteiger partial charge in [-0.1, -0.05) is 12.1 Å². The minimum absolute atomic E-state index is 0.0807. The van der Waals surface area contributed by atoms with Gasteiger partial charge in [0.1, 0.15) is 11.6 Å². The van der Waals surface area contributed by atoms with Gasteiger partial charge >= 0.3 is 0 Å². The standard InChI is InChI=1S/C27H29N5O3/c1-4-35-24-13-18(26(33)29-15-17-9-10-17)11-12-20(24)30-25-14-22-23(16-28-25)32(3)27(34)19-7-5-6-8-21(19)31(22)2/h5-8,11-14,16-17H,4,9-10,15H2,1-3H3,(H,28,30)(H,29,33). The summed E-state index contributed by atoms with van der Waals surface area (Å²) in [5.41, 5.74) is 4.30. The quantitative estimate of drug-likeness (QED) is 0.519. The minimum Gasteiger partial charge on any atom is -0.492 e. The predicted octanol–water partition coefficient (Wildman–Crippen LogP) is 4.72. The van der Waals surface area contributed by atoms with Crippen LogP contribution in [0.15, 0.2) is 54.7 Å². The molecule has 2 heterocycles. The van der Waals surface area contributed by atoms with Crippen LogP contribution in [0.4, 0.5) is 28.6 Å². The number of pyridine rings is 1. The van der Waals surface area contributed by atoms with Crippen LogP contribution in [0.1, 0.15) is 40.5 Å². The highest BCUT2D eigenvalue weighted by Gasteiger charge is 2.28. The number of fused-ring (bicyclic) bond motifs is 2. The number of carbonyl (C=O) groups excluding carboxylic acids is 2. The van der Waals surface area contributed by atoms with Crippen LogP contribution in [0.3, 0.4) is 0 Å². The van der Waals surface area contributed by atoms with E-state index in [1.165, 1.54) is 12.8 Å². The summed E-state index contributed by atoms with van der Waals surface area (Å²) < 4.78 is 5.84. The van der Waals surface area contributed by atoms with Crippen molar-refractivity contribution in [3.05, 3.63) is 65.9 Å². The number of rotatable bonds is 7. The Kier molecular flexibility index (Phi) is 6.03. The van der Waals surface area contributed by atoms with Crippen molar-refractivity contribution in [3.63, 3.8) is 0 Å². The number of anilines is 5. The molecule has 1 aromatic heterocycles. The molecule has 1 saturated carbocycles. The van der Waals surface area contributed by atoms with Crippen molar-refractivity contribution in [1.82, 2.24) is 10.3 Å². The lowest BCUT2D eigenvalue weighted by Gasteiger charge is -2.23. The van der Waals surface area contributed by atoms with Crippen LogP contribution in [-0.2, 0) is 0 Å². The van der Waals surface area contributed by atoms with E-state index in [9.17, 15) is 9.59 Å². The summed E-state index contributed by atoms with van der Waals surface area (Å²) in [6.07, 6.45) is 4.07. The summed E-state index contributed by atoms with van der Waals surface area (Å²) in [7, 11) is 3.70. The van der Waals surface area contributed by atoms with Crippen LogP contribution < -0.4 is 25.2 Å². The number of hydrogen-bond donors (Lipinski definition) is 2. The number of ether oxygens (including phenoxy) is 1. The van der Waals surface area contributed by atoms with Crippen molar-refractivity contribution in [1.29, 1.82) is 0 Å². The molecule has 35 heavy (non-hydrogen) atoms. The third kappa shape index (κ3) is 4.51. The third-order valence-corrected chi connectivity index (χ3v) is 6.44. The molecule has 0 spiro atoms. The lowest BCUT2D eigenvalue weighted by molar-refractivity contribution is 0.0950. The van der Waals surface area contributed by atoms with Crippen molar-refractivity contribution in [2.45, 2.75) is 19.8 Å². The molecule has 0 radical (unpaired) electrons. The minimum atomic E-state index is -0.0967. The predicted molar refractivity (Wildman–Crippen MR) is 137 cm³/mol. The second kappa shape index (κ2) is 9.29. The van der Waals surface area contributed by atoms with Gasteiger partial charge < -0.3 is 25.2 Å². The fraction of sp³-hybridized carbons (Fsp3) is 0.296. The fourth-order valence-corrected chi connectivity index (χ4v) is 4.24. The van der Waals surface area contributed by atoms with E-state index in [4.69, 9.17) is 4.74 Å². The van der Waals surface area contributed by atoms with Gasteiger partial charge in [0, 0.05) is 32.3 Å². The summed E-state index contributed by atoms with van der Waals surface area (Å²) in [5.74, 6) is 1.62. The summed E-state index contributed by atoms with van der Waals surface area (Å²) in [4.78, 5) is 33.7. The van der Waals surface area contributed by atoms with Crippen LogP contribution in [0.5, 0.6) is 5.75 Å². The highest BCUT2D eigenvalue weighted by Crippen LogP contribution is 2.40. The van der Waals surface area contributed by atoms with E-state index in [1.54, 1.807) is 30.3 Å². The zero-order valence-corrected chi connectivity index (χ0v) is 20.2. The highest BCUT2D eigenvalue weighted by molar-refractivity contribution is 6.13. The molecule has 180 valence electrons. The van der Waals surface area contributed by atoms with E-state index >= 15 is 0 Å². The molecule has 2 amide bonds. The Labute approximate surface area is 204 Å². The molecule has 0 unspecified atom stereocenters. The van der Waals surface area contributed by atoms with E-state index in [2.05, 4.69) is 15.6 Å². The first-order valence-corrected chi connectivity index (χ1v) is 11.9. The maximum atomic E-state index is 13.0. The molecule has 1 aliphatic heterocycles. The first kappa shape index (κ1) is 22.7. The Morgan fingerprint density at radius 2 is 1.86 bits per heavy atom. The van der Waals surface area contributed by atoms with E-state index in [0.29, 0.717) is 46.6 Å². The number of amides is 2. The number of nitrogens with one attached hydrogen (secondary N) is 2. The molecule has 8 heteroatoms. The Balaban J connectivity index is 1.44. The van der Waals surface area contributed by atoms with Gasteiger partial charge in [-0.2, -0.15) is 0 Å². The van der Waals surface area contributed by atoms with Gasteiger partial charge in [0.2, 0.25) is 0 Å². The molecular weight excluding hydrogens is 442 g/mol. The average Bonchev–Trinajstić information content (AvgIpc) is 3.72. The first-order chi connectivity index (χ1) is 17.0. The molecule has 1 aliphatic carbocycles. The van der Waals surface area contributed by atoms with E-state index < -0.39 is 0 Å². The van der Waals surface area contributed by atoms with E-state index in [0.717, 1.165) is 17.9 Å². The lowest BCUT2D eigenvalue weighted by atomic mass is 10.1. The molecule has 0 saturated heterocycles. The maximum Gasteiger partial charge on any atom is 0.260 e. The number of hydrogen-bond acceptors (Lipinski definition) is 6. The molecule has 1 fully saturated rings. The van der Waals surface area contributed by atoms with Gasteiger partial charge in [-0.25, -0.2) is 4.98 Å². The average molecular weight is 472 g/mol. The molecule has 0 bridgehead atoms. The van der Waals surface area contributed by atoms with Crippen LogP contribution in [0.25, 0.3) is 0 Å². The second-order valence-corrected chi connectivity index (χ2v) is 8.92. The molecule has 2 N–H and O–H groups in total. The van der Waals surface area contributed by atoms with Crippen LogP contribution in [0.2, 0.25) is 0 Å². The summed E-state index contributed by atoms with van der Waals surface area (Å²) in [6.45, 7) is 3.09. The van der Waals surface area contributed by atoms with Gasteiger partial charge in [0.15, 0.2) is 0 Å². The molecule has 5 rings (SSSR count). The monoisotopic (exact) mass is 471 g/mol. The van der Waals surface area contributed by atoms with Gasteiger partial charge in [-0.3, -0.25) is 9.59 Å². The van der Waals surface area contributed by atoms with Gasteiger partial charge in [0.05, 0.1) is 41.1 Å². The highest BCUT2D eigenvalue weighted by atomic mass is 16.5. The summed E-state index contributed by atoms with van der Waals surface area (Å²) in [5, 5.41) is 6.32. The van der Waals surface area contributed by atoms with Crippen molar-refractivity contribution in [2.24, 2.45) is 5.92 Å². The van der Waals surface area contributed by atoms with Crippen LogP contribution in [-0.4, -0.2) is 44.0 Å². The van der Waals surface area contributed by atoms with Crippen LogP contribution in [0, 0.1) is 5.92 Å². The van der Waals surface area contributed by atoms with Crippen molar-refractivity contribution < 1.29 is 14.3 Å². The van der Waals surface area contributed by atoms with Gasteiger partial charge in [-0.05, 0) is 56.0 Å². The van der Waals surface area contributed by atoms with E-state index in [1.807, 2.05) is 55.3 Å². The van der Waals surface area contributed by atoms with Gasteiger partial charge in [0.25, 0.3) is 11.8 Å². The number of nitrogens with zero attached hydrogens (tertiary/aromatic N) is 3. The molecule has 0 atom stereocenters. The number of benzene rings is 2. The first-order valence-electron chi connectivity index (χ1n) is 11.9. The Morgan fingerprint density at radius 1 is 1.06 bits per heavy atom. The zero-order valence-electron chi connectivity index (χ0n) is 20.2. The molecule has 2 aliphatic rings. The Morgan fingerprint density at radius 3 is 2.63 bits per heavy atom. The smallest absolute Gasteiger partial charge is 0.260 e. The third-order valence-electron chi connectivity index (χ3n) is 6.44. The lowest BCUT2D eigenvalue weighted by Crippen LogP contribution is -2.25. The molecule has 3 aromatic rings. The second-order valence-electron chi connectivity index (χ2n) is 8.92. The number of para-hydroxylation sites is 1. The van der Waals surface area contributed by atoms with Crippen molar-refractivity contribution in [3.8, 4) is 5.75 Å². The van der Waals surface area contributed by atoms with Crippen molar-refractivity contribution in [2.75, 3.05) is 42.4 Å². The topological polar surface area (TPSA) is 86.8 Å². The molecule has 2 aromatic carbocycles. The number of carbonyl (C=O) groups is 2. The summed E-state index contributed by atoms with van der Waals surface area (Å²) in [6, 6.07) is 14.8. The maximum absolute atomic E-state index is 13.0. The SMILES string of the molecule is CCOc1cc(C(=O)NCC2CC2)ccc1Nc1cc2c(cn1)N(C)C(=O)c1ccccc1N2C. The van der Waals surface area contributed by atoms with Gasteiger partial charge in [-0.15, -0.1) is 0 Å². The van der Waals surface area contributed by atoms with E-state index in [-0.39, 0.29) is 11.8 Å². The summed E-state index contributed by atoms with van der Waals surface area (Å²) >= 11 is 0. The van der Waals surface area contributed by atoms with Crippen LogP contribution >= 0.6 is 0 Å². The molecule has 8 nitrogen and oxygen atoms in total. The van der Waals surface area contributed by atoms with Crippen molar-refractivity contribution >= 4 is 40.4 Å². The zero-order chi connectivity index (χ0) is 24.5. The number of aromatic nitrogens is 1.